The molecule has 60 heavy (non-hydrogen) atoms. The number of carbonyl (C=O) groups is 4. The Morgan fingerprint density at radius 2 is 0.950 bits per heavy atom. The zero-order valence-electron chi connectivity index (χ0n) is 34.9. The van der Waals surface area contributed by atoms with Crippen LogP contribution in [0.15, 0.2) is 97.1 Å². The topological polar surface area (TPSA) is 187 Å². The monoisotopic (exact) mass is 824 g/mol. The first-order valence-electron chi connectivity index (χ1n) is 20.8. The minimum atomic E-state index is -1.24. The summed E-state index contributed by atoms with van der Waals surface area (Å²) in [4.78, 5) is 60.6. The summed E-state index contributed by atoms with van der Waals surface area (Å²) in [7, 11) is 2.72. The van der Waals surface area contributed by atoms with Crippen LogP contribution < -0.4 is 20.7 Å². The lowest BCUT2D eigenvalue weighted by Crippen LogP contribution is -2.58. The van der Waals surface area contributed by atoms with Crippen molar-refractivity contribution in [2.45, 2.75) is 102 Å². The average Bonchev–Trinajstić information content (AvgIpc) is 3.25. The Morgan fingerprint density at radius 1 is 0.550 bits per heavy atom. The van der Waals surface area contributed by atoms with Gasteiger partial charge in [0, 0.05) is 31.9 Å². The third-order valence-corrected chi connectivity index (χ3v) is 10.2. The van der Waals surface area contributed by atoms with Crippen molar-refractivity contribution in [3.63, 3.8) is 0 Å². The Labute approximate surface area is 353 Å². The standard InChI is InChI=1S/C47H60N4O9/c1-4-5-6-7-8-9-10-11-12-29-60-40-27-19-36(20-28-40)44(55)48-41(30-33-13-21-37(52)22-14-33)45(56)49-42(31-34-15-23-38(53)24-16-34)46(57)50-43(47(58)51(2)59-3)32-35-17-25-39(54)26-18-35/h13-28,41-43,52-54H,4-12,29-32H2,1-3H3,(H,48,55)(H,49,56)(H,50,57)/t41-,42-,43-/m0/s1. The molecule has 0 bridgehead atoms. The van der Waals surface area contributed by atoms with E-state index in [1.165, 1.54) is 95.5 Å². The van der Waals surface area contributed by atoms with Crippen LogP contribution >= 0.6 is 0 Å². The molecule has 3 atom stereocenters. The molecule has 0 saturated heterocycles. The number of carbonyl (C=O) groups excluding carboxylic acids is 4. The van der Waals surface area contributed by atoms with E-state index in [0.717, 1.165) is 17.9 Å². The minimum absolute atomic E-state index is 0.0148. The number of ether oxygens (including phenoxy) is 1. The normalized spacial score (nSPS) is 12.4. The summed E-state index contributed by atoms with van der Waals surface area (Å²) in [6.07, 6.45) is 10.9. The summed E-state index contributed by atoms with van der Waals surface area (Å²) in [6, 6.07) is 21.7. The number of unbranched alkanes of at least 4 members (excludes halogenated alkanes) is 8. The molecule has 6 N–H and O–H groups in total. The van der Waals surface area contributed by atoms with Gasteiger partial charge in [-0.2, -0.15) is 0 Å². The van der Waals surface area contributed by atoms with E-state index < -0.39 is 41.8 Å². The number of hydroxylamine groups is 2. The number of nitrogens with zero attached hydrogens (tertiary/aromatic N) is 1. The van der Waals surface area contributed by atoms with Crippen molar-refractivity contribution < 1.29 is 44.1 Å². The molecule has 0 radical (unpaired) electrons. The Hall–Kier alpha value is -6.08. The summed E-state index contributed by atoms with van der Waals surface area (Å²) in [5.74, 6) is -1.74. The van der Waals surface area contributed by atoms with Gasteiger partial charge in [0.15, 0.2) is 0 Å². The molecule has 4 aromatic carbocycles. The van der Waals surface area contributed by atoms with Crippen LogP contribution in [0.5, 0.6) is 23.0 Å². The fourth-order valence-electron chi connectivity index (χ4n) is 6.62. The first kappa shape index (κ1) is 46.6. The summed E-state index contributed by atoms with van der Waals surface area (Å²) >= 11 is 0. The van der Waals surface area contributed by atoms with Crippen molar-refractivity contribution in [2.24, 2.45) is 0 Å². The van der Waals surface area contributed by atoms with Gasteiger partial charge in [-0.15, -0.1) is 0 Å². The molecule has 0 aliphatic heterocycles. The second-order valence-corrected chi connectivity index (χ2v) is 15.0. The van der Waals surface area contributed by atoms with Crippen LogP contribution in [-0.2, 0) is 38.5 Å². The van der Waals surface area contributed by atoms with E-state index in [1.54, 1.807) is 60.7 Å². The third-order valence-electron chi connectivity index (χ3n) is 10.2. The Kier molecular flexibility index (Phi) is 19.2. The van der Waals surface area contributed by atoms with Crippen molar-refractivity contribution in [1.82, 2.24) is 21.0 Å². The van der Waals surface area contributed by atoms with Gasteiger partial charge >= 0.3 is 0 Å². The molecule has 0 aliphatic carbocycles. The number of aromatic hydroxyl groups is 3. The van der Waals surface area contributed by atoms with Gasteiger partial charge in [-0.05, 0) is 83.8 Å². The van der Waals surface area contributed by atoms with Gasteiger partial charge in [-0.1, -0.05) is 94.7 Å². The lowest BCUT2D eigenvalue weighted by atomic mass is 10.0. The molecule has 0 unspecified atom stereocenters. The predicted molar refractivity (Wildman–Crippen MR) is 229 cm³/mol. The molecule has 0 spiro atoms. The molecular formula is C47H60N4O9. The Balaban J connectivity index is 1.48. The molecule has 0 fully saturated rings. The van der Waals surface area contributed by atoms with Gasteiger partial charge in [0.1, 0.15) is 41.1 Å². The van der Waals surface area contributed by atoms with E-state index in [4.69, 9.17) is 9.57 Å². The number of hydrogen-bond donors (Lipinski definition) is 6. The van der Waals surface area contributed by atoms with Gasteiger partial charge in [0.05, 0.1) is 13.7 Å². The molecule has 0 heterocycles. The summed E-state index contributed by atoms with van der Waals surface area (Å²) in [5, 5.41) is 38.9. The summed E-state index contributed by atoms with van der Waals surface area (Å²) in [6.45, 7) is 2.80. The molecule has 4 amide bonds. The molecule has 4 rings (SSSR count). The second kappa shape index (κ2) is 24.8. The van der Waals surface area contributed by atoms with E-state index in [1.807, 2.05) is 0 Å². The van der Waals surface area contributed by atoms with Crippen molar-refractivity contribution in [3.8, 4) is 23.0 Å². The number of amides is 4. The van der Waals surface area contributed by atoms with Crippen LogP contribution in [0, 0.1) is 0 Å². The van der Waals surface area contributed by atoms with E-state index >= 15 is 0 Å². The highest BCUT2D eigenvalue weighted by molar-refractivity contribution is 5.99. The van der Waals surface area contributed by atoms with E-state index in [9.17, 15) is 34.5 Å². The predicted octanol–water partition coefficient (Wildman–Crippen LogP) is 6.53. The minimum Gasteiger partial charge on any atom is -0.508 e. The van der Waals surface area contributed by atoms with Crippen LogP contribution in [0.25, 0.3) is 0 Å². The molecular weight excluding hydrogens is 765 g/mol. The van der Waals surface area contributed by atoms with E-state index in [-0.39, 0.29) is 36.5 Å². The van der Waals surface area contributed by atoms with Crippen LogP contribution in [0.1, 0.15) is 91.8 Å². The highest BCUT2D eigenvalue weighted by Gasteiger charge is 2.32. The highest BCUT2D eigenvalue weighted by Crippen LogP contribution is 2.18. The second-order valence-electron chi connectivity index (χ2n) is 15.0. The first-order chi connectivity index (χ1) is 28.9. The number of likely N-dealkylation sites (N-methyl/N-ethyl adjacent to an activating group) is 1. The van der Waals surface area contributed by atoms with Crippen molar-refractivity contribution in [2.75, 3.05) is 20.8 Å². The van der Waals surface area contributed by atoms with Crippen LogP contribution in [0.4, 0.5) is 0 Å². The highest BCUT2D eigenvalue weighted by atomic mass is 16.7. The third kappa shape index (κ3) is 15.9. The maximum absolute atomic E-state index is 14.2. The molecule has 0 aliphatic rings. The van der Waals surface area contributed by atoms with Crippen LogP contribution in [0.2, 0.25) is 0 Å². The van der Waals surface area contributed by atoms with Gasteiger partial charge in [0.25, 0.3) is 11.8 Å². The maximum Gasteiger partial charge on any atom is 0.268 e. The molecule has 0 saturated carbocycles. The molecule has 13 nitrogen and oxygen atoms in total. The van der Waals surface area contributed by atoms with Crippen molar-refractivity contribution in [1.29, 1.82) is 0 Å². The Morgan fingerprint density at radius 3 is 1.40 bits per heavy atom. The number of benzene rings is 4. The molecule has 4 aromatic rings. The maximum atomic E-state index is 14.2. The van der Waals surface area contributed by atoms with Gasteiger partial charge in [0.2, 0.25) is 11.8 Å². The van der Waals surface area contributed by atoms with Crippen LogP contribution in [-0.4, -0.2) is 82.9 Å². The lowest BCUT2D eigenvalue weighted by Gasteiger charge is -2.27. The fourth-order valence-corrected chi connectivity index (χ4v) is 6.62. The van der Waals surface area contributed by atoms with Crippen molar-refractivity contribution >= 4 is 23.6 Å². The number of phenolic OH excluding ortho intramolecular Hbond substituents is 3. The number of rotatable bonds is 25. The SMILES string of the molecule is CCCCCCCCCCCOc1ccc(C(=O)N[C@@H](Cc2ccc(O)cc2)C(=O)N[C@@H](Cc2ccc(O)cc2)C(=O)N[C@@H](Cc2ccc(O)cc2)C(=O)N(C)OC)cc1. The van der Waals surface area contributed by atoms with Gasteiger partial charge < -0.3 is 36.0 Å². The largest absolute Gasteiger partial charge is 0.508 e. The number of phenols is 3. The van der Waals surface area contributed by atoms with Crippen LogP contribution in [0.3, 0.4) is 0 Å². The van der Waals surface area contributed by atoms with Gasteiger partial charge in [-0.25, -0.2) is 5.06 Å². The van der Waals surface area contributed by atoms with E-state index in [0.29, 0.717) is 34.6 Å². The zero-order valence-corrected chi connectivity index (χ0v) is 34.9. The fraction of sp³-hybridized carbons (Fsp3) is 0.404. The molecule has 322 valence electrons. The molecule has 13 heteroatoms. The quantitative estimate of drug-likeness (QED) is 0.0319. The lowest BCUT2D eigenvalue weighted by molar-refractivity contribution is -0.171. The molecule has 0 aromatic heterocycles. The number of hydrogen-bond acceptors (Lipinski definition) is 9. The average molecular weight is 825 g/mol. The Bertz CT molecular complexity index is 1920. The summed E-state index contributed by atoms with van der Waals surface area (Å²) in [5.41, 5.74) is 2.17. The summed E-state index contributed by atoms with van der Waals surface area (Å²) < 4.78 is 5.92. The van der Waals surface area contributed by atoms with E-state index in [2.05, 4.69) is 22.9 Å². The first-order valence-corrected chi connectivity index (χ1v) is 20.8. The van der Waals surface area contributed by atoms with Crippen molar-refractivity contribution in [3.05, 3.63) is 119 Å². The smallest absolute Gasteiger partial charge is 0.268 e. The number of nitrogens with one attached hydrogen (secondary N) is 3. The zero-order chi connectivity index (χ0) is 43.3. The van der Waals surface area contributed by atoms with Gasteiger partial charge in [-0.3, -0.25) is 24.0 Å².